The van der Waals surface area contributed by atoms with Crippen molar-refractivity contribution in [2.75, 3.05) is 0 Å². The lowest BCUT2D eigenvalue weighted by molar-refractivity contribution is -0.137. The number of nitrogens with zero attached hydrogens (tertiary/aromatic N) is 2. The van der Waals surface area contributed by atoms with Gasteiger partial charge in [0.25, 0.3) is 0 Å². The number of carboxylic acids is 1. The minimum absolute atomic E-state index is 0.00776. The van der Waals surface area contributed by atoms with Crippen LogP contribution in [0.25, 0.3) is 0 Å². The highest BCUT2D eigenvalue weighted by atomic mass is 32.2. The third kappa shape index (κ3) is 2.79. The zero-order valence-corrected chi connectivity index (χ0v) is 11.7. The highest BCUT2D eigenvalue weighted by molar-refractivity contribution is 7.89. The number of hydrogen-bond donors (Lipinski definition) is 2. The van der Waals surface area contributed by atoms with E-state index < -0.39 is 16.0 Å². The molecule has 106 valence electrons. The Hall–Kier alpha value is -1.41. The summed E-state index contributed by atoms with van der Waals surface area (Å²) in [5.41, 5.74) is 0.678. The highest BCUT2D eigenvalue weighted by Gasteiger charge is 2.29. The smallest absolute Gasteiger partial charge is 0.325 e. The van der Waals surface area contributed by atoms with E-state index >= 15 is 0 Å². The number of carboxylic acid groups (broad SMARTS) is 1. The van der Waals surface area contributed by atoms with Crippen molar-refractivity contribution >= 4 is 16.0 Å². The van der Waals surface area contributed by atoms with Gasteiger partial charge in [-0.25, -0.2) is 13.1 Å². The van der Waals surface area contributed by atoms with Gasteiger partial charge in [-0.05, 0) is 26.7 Å². The van der Waals surface area contributed by atoms with Crippen molar-refractivity contribution in [3.63, 3.8) is 0 Å². The van der Waals surface area contributed by atoms with Gasteiger partial charge in [0, 0.05) is 6.04 Å². The molecule has 2 rings (SSSR count). The molecule has 0 unspecified atom stereocenters. The van der Waals surface area contributed by atoms with E-state index in [9.17, 15) is 13.2 Å². The second kappa shape index (κ2) is 4.93. The first-order valence-corrected chi connectivity index (χ1v) is 7.57. The number of aryl methyl sites for hydroxylation is 1. The lowest BCUT2D eigenvalue weighted by Crippen LogP contribution is -2.39. The van der Waals surface area contributed by atoms with Crippen LogP contribution in [0.2, 0.25) is 0 Å². The van der Waals surface area contributed by atoms with Crippen LogP contribution in [0.5, 0.6) is 0 Å². The maximum atomic E-state index is 12.3. The van der Waals surface area contributed by atoms with Crippen LogP contribution in [-0.2, 0) is 21.4 Å². The summed E-state index contributed by atoms with van der Waals surface area (Å²) in [6.45, 7) is 2.80. The second-order valence-electron chi connectivity index (χ2n) is 4.80. The lowest BCUT2D eigenvalue weighted by Gasteiger charge is -2.26. The van der Waals surface area contributed by atoms with Crippen molar-refractivity contribution in [2.45, 2.75) is 50.6 Å². The van der Waals surface area contributed by atoms with Crippen molar-refractivity contribution in [3.8, 4) is 0 Å². The van der Waals surface area contributed by atoms with E-state index in [0.29, 0.717) is 11.4 Å². The van der Waals surface area contributed by atoms with Crippen LogP contribution in [-0.4, -0.2) is 35.3 Å². The van der Waals surface area contributed by atoms with Crippen molar-refractivity contribution in [1.82, 2.24) is 14.5 Å². The number of nitrogens with one attached hydrogen (secondary N) is 1. The summed E-state index contributed by atoms with van der Waals surface area (Å²) < 4.78 is 28.4. The van der Waals surface area contributed by atoms with E-state index in [0.717, 1.165) is 19.3 Å². The molecule has 0 spiro atoms. The van der Waals surface area contributed by atoms with Gasteiger partial charge in [0.05, 0.1) is 11.4 Å². The molecule has 0 bridgehead atoms. The molecule has 0 aromatic carbocycles. The zero-order valence-electron chi connectivity index (χ0n) is 10.9. The molecule has 8 heteroatoms. The van der Waals surface area contributed by atoms with E-state index in [1.165, 1.54) is 4.68 Å². The Labute approximate surface area is 111 Å². The summed E-state index contributed by atoms with van der Waals surface area (Å²) in [4.78, 5) is 10.8. The molecule has 1 heterocycles. The van der Waals surface area contributed by atoms with E-state index in [-0.39, 0.29) is 17.5 Å². The fourth-order valence-electron chi connectivity index (χ4n) is 2.16. The molecule has 1 saturated carbocycles. The molecule has 1 aromatic rings. The second-order valence-corrected chi connectivity index (χ2v) is 6.45. The monoisotopic (exact) mass is 287 g/mol. The van der Waals surface area contributed by atoms with Gasteiger partial charge >= 0.3 is 5.97 Å². The van der Waals surface area contributed by atoms with Crippen LogP contribution < -0.4 is 4.72 Å². The molecule has 0 atom stereocenters. The lowest BCUT2D eigenvalue weighted by atomic mass is 9.94. The standard InChI is InChI=1S/C11H17N3O4S/c1-7-11(8(2)14(12-7)6-10(15)16)19(17,18)13-9-4-3-5-9/h9,13H,3-6H2,1-2H3,(H,15,16). The van der Waals surface area contributed by atoms with Crippen molar-refractivity contribution in [2.24, 2.45) is 0 Å². The SMILES string of the molecule is Cc1nn(CC(=O)O)c(C)c1S(=O)(=O)NC1CCC1. The predicted molar refractivity (Wildman–Crippen MR) is 67.3 cm³/mol. The Bertz CT molecular complexity index is 602. The number of carbonyl (C=O) groups is 1. The van der Waals surface area contributed by atoms with Crippen molar-refractivity contribution in [1.29, 1.82) is 0 Å². The first kappa shape index (κ1) is 14.0. The average molecular weight is 287 g/mol. The summed E-state index contributed by atoms with van der Waals surface area (Å²) in [6.07, 6.45) is 2.73. The third-order valence-electron chi connectivity index (χ3n) is 3.30. The van der Waals surface area contributed by atoms with E-state index in [4.69, 9.17) is 5.11 Å². The summed E-state index contributed by atoms with van der Waals surface area (Å²) >= 11 is 0. The molecule has 0 amide bonds. The number of hydrogen-bond acceptors (Lipinski definition) is 4. The summed E-state index contributed by atoms with van der Waals surface area (Å²) in [7, 11) is -3.62. The normalized spacial score (nSPS) is 16.3. The van der Waals surface area contributed by atoms with Crippen LogP contribution >= 0.6 is 0 Å². The van der Waals surface area contributed by atoms with Gasteiger partial charge in [0.15, 0.2) is 0 Å². The third-order valence-corrected chi connectivity index (χ3v) is 5.07. The van der Waals surface area contributed by atoms with Gasteiger partial charge in [0.2, 0.25) is 10.0 Å². The molecule has 1 aromatic heterocycles. The van der Waals surface area contributed by atoms with Gasteiger partial charge < -0.3 is 5.11 Å². The number of rotatable bonds is 5. The molecule has 7 nitrogen and oxygen atoms in total. The van der Waals surface area contributed by atoms with Crippen LogP contribution in [0.3, 0.4) is 0 Å². The largest absolute Gasteiger partial charge is 0.480 e. The van der Waals surface area contributed by atoms with Crippen molar-refractivity contribution in [3.05, 3.63) is 11.4 Å². The fraction of sp³-hybridized carbons (Fsp3) is 0.636. The van der Waals surface area contributed by atoms with Crippen LogP contribution in [0, 0.1) is 13.8 Å². The van der Waals surface area contributed by atoms with E-state index in [2.05, 4.69) is 9.82 Å². The quantitative estimate of drug-likeness (QED) is 0.817. The Morgan fingerprint density at radius 1 is 1.47 bits per heavy atom. The molecule has 0 saturated heterocycles. The molecule has 19 heavy (non-hydrogen) atoms. The first-order chi connectivity index (χ1) is 8.81. The number of aliphatic carboxylic acids is 1. The van der Waals surface area contributed by atoms with Crippen LogP contribution in [0.15, 0.2) is 4.90 Å². The molecular weight excluding hydrogens is 270 g/mol. The van der Waals surface area contributed by atoms with Crippen LogP contribution in [0.1, 0.15) is 30.7 Å². The molecule has 0 aliphatic heterocycles. The Balaban J connectivity index is 2.32. The van der Waals surface area contributed by atoms with Gasteiger partial charge in [-0.15, -0.1) is 0 Å². The molecule has 0 radical (unpaired) electrons. The van der Waals surface area contributed by atoms with Gasteiger partial charge in [-0.3, -0.25) is 9.48 Å². The maximum Gasteiger partial charge on any atom is 0.325 e. The minimum atomic E-state index is -3.62. The molecular formula is C11H17N3O4S. The zero-order chi connectivity index (χ0) is 14.2. The van der Waals surface area contributed by atoms with E-state index in [1.807, 2.05) is 0 Å². The average Bonchev–Trinajstić information content (AvgIpc) is 2.48. The first-order valence-electron chi connectivity index (χ1n) is 6.09. The van der Waals surface area contributed by atoms with E-state index in [1.54, 1.807) is 13.8 Å². The number of sulfonamides is 1. The number of aromatic nitrogens is 2. The van der Waals surface area contributed by atoms with Gasteiger partial charge in [-0.2, -0.15) is 5.10 Å². The van der Waals surface area contributed by atoms with Gasteiger partial charge in [-0.1, -0.05) is 6.42 Å². The molecule has 1 aliphatic rings. The Kier molecular flexibility index (Phi) is 3.64. The molecule has 1 aliphatic carbocycles. The highest BCUT2D eigenvalue weighted by Crippen LogP contribution is 2.24. The summed E-state index contributed by atoms with van der Waals surface area (Å²) in [6, 6.07) is -0.00776. The summed E-state index contributed by atoms with van der Waals surface area (Å²) in [5.74, 6) is -1.05. The van der Waals surface area contributed by atoms with Crippen LogP contribution in [0.4, 0.5) is 0 Å². The molecule has 2 N–H and O–H groups in total. The predicted octanol–water partition coefficient (Wildman–Crippen LogP) is 0.415. The Morgan fingerprint density at radius 2 is 2.11 bits per heavy atom. The Morgan fingerprint density at radius 3 is 2.58 bits per heavy atom. The summed E-state index contributed by atoms with van der Waals surface area (Å²) in [5, 5.41) is 12.7. The maximum absolute atomic E-state index is 12.3. The van der Waals surface area contributed by atoms with Crippen molar-refractivity contribution < 1.29 is 18.3 Å². The minimum Gasteiger partial charge on any atom is -0.480 e. The fourth-order valence-corrected chi connectivity index (χ4v) is 3.87. The molecule has 1 fully saturated rings. The topological polar surface area (TPSA) is 101 Å². The van der Waals surface area contributed by atoms with Gasteiger partial charge in [0.1, 0.15) is 11.4 Å².